The highest BCUT2D eigenvalue weighted by molar-refractivity contribution is 6.30. The minimum absolute atomic E-state index is 0.172. The van der Waals surface area contributed by atoms with Crippen LogP contribution in [-0.4, -0.2) is 17.9 Å². The molecule has 0 aromatic heterocycles. The van der Waals surface area contributed by atoms with Crippen LogP contribution in [-0.2, 0) is 4.79 Å². The van der Waals surface area contributed by atoms with Crippen LogP contribution in [0.2, 0.25) is 5.02 Å². The van der Waals surface area contributed by atoms with Crippen molar-refractivity contribution in [3.63, 3.8) is 0 Å². The first-order chi connectivity index (χ1) is 14.4. The average Bonchev–Trinajstić information content (AvgIpc) is 2.76. The summed E-state index contributed by atoms with van der Waals surface area (Å²) in [4.78, 5) is 25.4. The van der Waals surface area contributed by atoms with Gasteiger partial charge in [-0.3, -0.25) is 9.59 Å². The van der Waals surface area contributed by atoms with Crippen molar-refractivity contribution < 1.29 is 14.3 Å². The number of benzene rings is 3. The summed E-state index contributed by atoms with van der Waals surface area (Å²) in [6, 6.07) is 23.2. The number of para-hydroxylation sites is 1. The fourth-order valence-corrected chi connectivity index (χ4v) is 3.02. The summed E-state index contributed by atoms with van der Waals surface area (Å²) in [6.45, 7) is 3.56. The fraction of sp³-hybridized carbons (Fsp3) is 0.167. The first-order valence-corrected chi connectivity index (χ1v) is 10.00. The Morgan fingerprint density at radius 3 is 2.20 bits per heavy atom. The van der Waals surface area contributed by atoms with Crippen molar-refractivity contribution in [1.29, 1.82) is 0 Å². The summed E-state index contributed by atoms with van der Waals surface area (Å²) in [7, 11) is 0. The van der Waals surface area contributed by atoms with Crippen molar-refractivity contribution in [1.82, 2.24) is 5.32 Å². The summed E-state index contributed by atoms with van der Waals surface area (Å²) in [5.74, 6) is -0.0976. The molecule has 5 nitrogen and oxygen atoms in total. The van der Waals surface area contributed by atoms with Gasteiger partial charge < -0.3 is 15.4 Å². The average molecular weight is 423 g/mol. The Morgan fingerprint density at radius 1 is 0.867 bits per heavy atom. The van der Waals surface area contributed by atoms with Gasteiger partial charge in [-0.1, -0.05) is 54.1 Å². The van der Waals surface area contributed by atoms with E-state index in [0.717, 1.165) is 5.56 Å². The minimum atomic E-state index is -0.759. The quantitative estimate of drug-likeness (QED) is 0.547. The second kappa shape index (κ2) is 9.94. The molecule has 0 aliphatic heterocycles. The highest BCUT2D eigenvalue weighted by Crippen LogP contribution is 2.20. The lowest BCUT2D eigenvalue weighted by Crippen LogP contribution is -2.32. The molecule has 0 radical (unpaired) electrons. The van der Waals surface area contributed by atoms with Gasteiger partial charge >= 0.3 is 0 Å². The van der Waals surface area contributed by atoms with Gasteiger partial charge in [-0.15, -0.1) is 0 Å². The molecule has 6 heteroatoms. The summed E-state index contributed by atoms with van der Waals surface area (Å²) in [5.41, 5.74) is 1.80. The molecular formula is C24H23ClN2O3. The Labute approximate surface area is 181 Å². The minimum Gasteiger partial charge on any atom is -0.481 e. The van der Waals surface area contributed by atoms with Gasteiger partial charge in [0, 0.05) is 5.02 Å². The molecule has 0 aliphatic rings. The molecule has 0 heterocycles. The maximum Gasteiger partial charge on any atom is 0.265 e. The Balaban J connectivity index is 1.67. The summed E-state index contributed by atoms with van der Waals surface area (Å²) in [6.07, 6.45) is -0.759. The van der Waals surface area contributed by atoms with Crippen LogP contribution in [0.5, 0.6) is 5.75 Å². The molecule has 3 rings (SSSR count). The molecule has 2 N–H and O–H groups in total. The van der Waals surface area contributed by atoms with E-state index in [2.05, 4.69) is 10.6 Å². The number of anilines is 1. The van der Waals surface area contributed by atoms with Crippen LogP contribution in [0.3, 0.4) is 0 Å². The van der Waals surface area contributed by atoms with Crippen LogP contribution < -0.4 is 15.4 Å². The fourth-order valence-electron chi connectivity index (χ4n) is 2.89. The monoisotopic (exact) mass is 422 g/mol. The molecule has 0 bridgehead atoms. The number of hydrogen-bond acceptors (Lipinski definition) is 3. The lowest BCUT2D eigenvalue weighted by Gasteiger charge is -2.18. The maximum atomic E-state index is 12.8. The highest BCUT2D eigenvalue weighted by atomic mass is 35.5. The lowest BCUT2D eigenvalue weighted by molar-refractivity contribution is -0.122. The molecule has 3 aromatic rings. The van der Waals surface area contributed by atoms with Crippen molar-refractivity contribution in [2.24, 2.45) is 0 Å². The molecule has 2 atom stereocenters. The zero-order chi connectivity index (χ0) is 21.5. The number of rotatable bonds is 7. The molecule has 0 spiro atoms. The maximum absolute atomic E-state index is 12.8. The molecule has 0 aliphatic carbocycles. The number of amides is 2. The van der Waals surface area contributed by atoms with Crippen LogP contribution in [0.15, 0.2) is 78.9 Å². The van der Waals surface area contributed by atoms with Gasteiger partial charge in [-0.25, -0.2) is 0 Å². The topological polar surface area (TPSA) is 67.4 Å². The molecule has 0 saturated heterocycles. The van der Waals surface area contributed by atoms with Crippen LogP contribution in [0.25, 0.3) is 0 Å². The van der Waals surface area contributed by atoms with E-state index in [1.807, 2.05) is 37.3 Å². The van der Waals surface area contributed by atoms with E-state index in [9.17, 15) is 9.59 Å². The van der Waals surface area contributed by atoms with Crippen LogP contribution in [0.4, 0.5) is 5.69 Å². The SMILES string of the molecule is C[C@H](Oc1ccc(Cl)cc1)C(=O)Nc1ccccc1C(=O)N[C@@H](C)c1ccccc1. The molecule has 3 aromatic carbocycles. The third-order valence-electron chi connectivity index (χ3n) is 4.57. The molecule has 0 unspecified atom stereocenters. The smallest absolute Gasteiger partial charge is 0.265 e. The first kappa shape index (κ1) is 21.4. The highest BCUT2D eigenvalue weighted by Gasteiger charge is 2.19. The van der Waals surface area contributed by atoms with E-state index in [-0.39, 0.29) is 17.9 Å². The zero-order valence-electron chi connectivity index (χ0n) is 16.8. The third-order valence-corrected chi connectivity index (χ3v) is 4.82. The zero-order valence-corrected chi connectivity index (χ0v) is 17.5. The molecular weight excluding hydrogens is 400 g/mol. The van der Waals surface area contributed by atoms with Gasteiger partial charge in [0.1, 0.15) is 5.75 Å². The van der Waals surface area contributed by atoms with E-state index >= 15 is 0 Å². The molecule has 0 fully saturated rings. The predicted molar refractivity (Wildman–Crippen MR) is 119 cm³/mol. The first-order valence-electron chi connectivity index (χ1n) is 9.62. The van der Waals surface area contributed by atoms with Gasteiger partial charge in [-0.05, 0) is 55.8 Å². The Bertz CT molecular complexity index is 1010. The normalized spacial score (nSPS) is 12.5. The Morgan fingerprint density at radius 2 is 1.50 bits per heavy atom. The number of hydrogen-bond donors (Lipinski definition) is 2. The van der Waals surface area contributed by atoms with Crippen molar-refractivity contribution >= 4 is 29.1 Å². The molecule has 154 valence electrons. The van der Waals surface area contributed by atoms with Gasteiger partial charge in [0.2, 0.25) is 0 Å². The third kappa shape index (κ3) is 5.61. The second-order valence-electron chi connectivity index (χ2n) is 6.85. The second-order valence-corrected chi connectivity index (χ2v) is 7.29. The lowest BCUT2D eigenvalue weighted by atomic mass is 10.1. The predicted octanol–water partition coefficient (Wildman–Crippen LogP) is 5.24. The van der Waals surface area contributed by atoms with E-state index < -0.39 is 6.10 Å². The molecule has 30 heavy (non-hydrogen) atoms. The Kier molecular flexibility index (Phi) is 7.09. The number of ether oxygens (including phenoxy) is 1. The van der Waals surface area contributed by atoms with Gasteiger partial charge in [0.15, 0.2) is 6.10 Å². The van der Waals surface area contributed by atoms with Crippen molar-refractivity contribution in [2.75, 3.05) is 5.32 Å². The number of halogens is 1. The van der Waals surface area contributed by atoms with Crippen molar-refractivity contribution in [2.45, 2.75) is 26.0 Å². The number of carbonyl (C=O) groups excluding carboxylic acids is 2. The van der Waals surface area contributed by atoms with E-state index in [0.29, 0.717) is 22.0 Å². The van der Waals surface area contributed by atoms with E-state index in [4.69, 9.17) is 16.3 Å². The van der Waals surface area contributed by atoms with Gasteiger partial charge in [-0.2, -0.15) is 0 Å². The Hall–Kier alpha value is -3.31. The van der Waals surface area contributed by atoms with Crippen molar-refractivity contribution in [3.05, 3.63) is 95.0 Å². The molecule has 0 saturated carbocycles. The summed E-state index contributed by atoms with van der Waals surface area (Å²) in [5, 5.41) is 6.34. The standard InChI is InChI=1S/C24H23ClN2O3/c1-16(18-8-4-3-5-9-18)26-24(29)21-10-6-7-11-22(21)27-23(28)17(2)30-20-14-12-19(25)13-15-20/h3-17H,1-2H3,(H,26,29)(H,27,28)/t16-,17-/m0/s1. The van der Waals surface area contributed by atoms with Crippen LogP contribution >= 0.6 is 11.6 Å². The number of carbonyl (C=O) groups is 2. The van der Waals surface area contributed by atoms with Crippen LogP contribution in [0, 0.1) is 0 Å². The summed E-state index contributed by atoms with van der Waals surface area (Å²) >= 11 is 5.87. The van der Waals surface area contributed by atoms with Crippen molar-refractivity contribution in [3.8, 4) is 5.75 Å². The van der Waals surface area contributed by atoms with Crippen LogP contribution in [0.1, 0.15) is 35.8 Å². The van der Waals surface area contributed by atoms with Gasteiger partial charge in [0.05, 0.1) is 17.3 Å². The summed E-state index contributed by atoms with van der Waals surface area (Å²) < 4.78 is 5.65. The van der Waals surface area contributed by atoms with E-state index in [1.54, 1.807) is 55.5 Å². The largest absolute Gasteiger partial charge is 0.481 e. The van der Waals surface area contributed by atoms with Gasteiger partial charge in [0.25, 0.3) is 11.8 Å². The molecule has 2 amide bonds. The number of nitrogens with one attached hydrogen (secondary N) is 2. The van der Waals surface area contributed by atoms with E-state index in [1.165, 1.54) is 0 Å².